The van der Waals surface area contributed by atoms with Gasteiger partial charge in [-0.15, -0.1) is 0 Å². The molecule has 1 heterocycles. The van der Waals surface area contributed by atoms with Crippen molar-refractivity contribution < 1.29 is 19.1 Å². The minimum absolute atomic E-state index is 0.276. The van der Waals surface area contributed by atoms with Gasteiger partial charge in [-0.25, -0.2) is 0 Å². The van der Waals surface area contributed by atoms with Gasteiger partial charge in [0.05, 0.1) is 0 Å². The van der Waals surface area contributed by atoms with Crippen molar-refractivity contribution in [2.45, 2.75) is 45.3 Å². The summed E-state index contributed by atoms with van der Waals surface area (Å²) in [6.45, 7) is 1.81. The van der Waals surface area contributed by atoms with Gasteiger partial charge in [0.15, 0.2) is 0 Å². The molecule has 1 aliphatic heterocycles. The van der Waals surface area contributed by atoms with Crippen molar-refractivity contribution in [3.63, 3.8) is 0 Å². The third-order valence-corrected chi connectivity index (χ3v) is 1.87. The second-order valence-corrected chi connectivity index (χ2v) is 3.02. The molecule has 1 fully saturated rings. The highest BCUT2D eigenvalue weighted by Crippen LogP contribution is 2.11. The van der Waals surface area contributed by atoms with Crippen LogP contribution in [0.25, 0.3) is 0 Å². The summed E-state index contributed by atoms with van der Waals surface area (Å²) in [5.74, 6) is -0.553. The molecule has 0 atom stereocenters. The number of hydrogen-bond acceptors (Lipinski definition) is 4. The van der Waals surface area contributed by atoms with Crippen LogP contribution in [0.3, 0.4) is 0 Å². The predicted octanol–water partition coefficient (Wildman–Crippen LogP) is 1.38. The first-order chi connectivity index (χ1) is 6.22. The minimum Gasteiger partial charge on any atom is -0.425 e. The fourth-order valence-electron chi connectivity index (χ4n) is 1.14. The van der Waals surface area contributed by atoms with E-state index in [9.17, 15) is 9.59 Å². The van der Waals surface area contributed by atoms with E-state index in [-0.39, 0.29) is 11.9 Å². The van der Waals surface area contributed by atoms with E-state index in [4.69, 9.17) is 9.47 Å². The maximum Gasteiger partial charge on any atom is 0.308 e. The van der Waals surface area contributed by atoms with Gasteiger partial charge < -0.3 is 9.47 Å². The van der Waals surface area contributed by atoms with E-state index in [1.54, 1.807) is 0 Å². The maximum absolute atomic E-state index is 11.1. The lowest BCUT2D eigenvalue weighted by Crippen LogP contribution is -2.22. The Morgan fingerprint density at radius 1 is 1.15 bits per heavy atom. The van der Waals surface area contributed by atoms with Gasteiger partial charge in [0.25, 0.3) is 0 Å². The zero-order chi connectivity index (χ0) is 9.68. The van der Waals surface area contributed by atoms with Crippen molar-refractivity contribution in [2.75, 3.05) is 0 Å². The molecule has 0 aromatic heterocycles. The molecule has 0 bridgehead atoms. The van der Waals surface area contributed by atoms with E-state index in [0.717, 1.165) is 0 Å². The summed E-state index contributed by atoms with van der Waals surface area (Å²) in [4.78, 5) is 22.1. The molecule has 0 unspecified atom stereocenters. The lowest BCUT2D eigenvalue weighted by atomic mass is 10.2. The normalized spacial score (nSPS) is 21.0. The first kappa shape index (κ1) is 10.0. The lowest BCUT2D eigenvalue weighted by Gasteiger charge is -2.14. The molecular weight excluding hydrogens is 172 g/mol. The monoisotopic (exact) mass is 186 g/mol. The second kappa shape index (κ2) is 4.84. The van der Waals surface area contributed by atoms with E-state index in [1.807, 2.05) is 6.92 Å². The largest absolute Gasteiger partial charge is 0.425 e. The molecule has 0 aromatic carbocycles. The fraction of sp³-hybridized carbons (Fsp3) is 0.778. The Bertz CT molecular complexity index is 180. The Morgan fingerprint density at radius 3 is 2.00 bits per heavy atom. The van der Waals surface area contributed by atoms with Crippen LogP contribution in [-0.2, 0) is 19.1 Å². The molecule has 13 heavy (non-hydrogen) atoms. The van der Waals surface area contributed by atoms with Crippen molar-refractivity contribution in [1.82, 2.24) is 0 Å². The van der Waals surface area contributed by atoms with Crippen LogP contribution >= 0.6 is 0 Å². The molecule has 4 heteroatoms. The molecule has 4 nitrogen and oxygen atoms in total. The number of rotatable bonds is 1. The molecule has 0 amide bonds. The highest BCUT2D eigenvalue weighted by atomic mass is 16.7. The highest BCUT2D eigenvalue weighted by molar-refractivity contribution is 5.72. The predicted molar refractivity (Wildman–Crippen MR) is 44.7 cm³/mol. The molecular formula is C9H14O4. The van der Waals surface area contributed by atoms with Gasteiger partial charge in [0.2, 0.25) is 6.29 Å². The van der Waals surface area contributed by atoms with Crippen molar-refractivity contribution in [3.8, 4) is 0 Å². The summed E-state index contributed by atoms with van der Waals surface area (Å²) < 4.78 is 9.82. The standard InChI is InChI=1S/C9H14O4/c1-2-9-12-7(10)5-3-4-6-8(11)13-9/h9H,2-6H2,1H3. The number of carbonyl (C=O) groups is 2. The molecule has 0 aliphatic carbocycles. The topological polar surface area (TPSA) is 52.6 Å². The number of cyclic esters (lactones) is 2. The van der Waals surface area contributed by atoms with Gasteiger partial charge >= 0.3 is 11.9 Å². The molecule has 0 spiro atoms. The van der Waals surface area contributed by atoms with Gasteiger partial charge in [0, 0.05) is 19.3 Å². The second-order valence-electron chi connectivity index (χ2n) is 3.02. The van der Waals surface area contributed by atoms with Crippen LogP contribution in [0.1, 0.15) is 39.0 Å². The molecule has 0 saturated carbocycles. The van der Waals surface area contributed by atoms with Crippen molar-refractivity contribution in [2.24, 2.45) is 0 Å². The molecule has 1 aliphatic rings. The summed E-state index contributed by atoms with van der Waals surface area (Å²) in [7, 11) is 0. The Labute approximate surface area is 77.2 Å². The van der Waals surface area contributed by atoms with Gasteiger partial charge in [-0.3, -0.25) is 9.59 Å². The minimum atomic E-state index is -0.682. The third-order valence-electron chi connectivity index (χ3n) is 1.87. The van der Waals surface area contributed by atoms with Crippen LogP contribution in [0.2, 0.25) is 0 Å². The van der Waals surface area contributed by atoms with E-state index >= 15 is 0 Å². The molecule has 0 aromatic rings. The van der Waals surface area contributed by atoms with Crippen LogP contribution in [0, 0.1) is 0 Å². The van der Waals surface area contributed by atoms with Crippen LogP contribution in [-0.4, -0.2) is 18.2 Å². The van der Waals surface area contributed by atoms with Gasteiger partial charge in [-0.2, -0.15) is 0 Å². The molecule has 1 rings (SSSR count). The van der Waals surface area contributed by atoms with E-state index in [2.05, 4.69) is 0 Å². The molecule has 0 radical (unpaired) electrons. The summed E-state index contributed by atoms with van der Waals surface area (Å²) >= 11 is 0. The average Bonchev–Trinajstić information content (AvgIpc) is 2.17. The number of carbonyl (C=O) groups excluding carboxylic acids is 2. The van der Waals surface area contributed by atoms with Crippen molar-refractivity contribution >= 4 is 11.9 Å². The third kappa shape index (κ3) is 3.44. The van der Waals surface area contributed by atoms with Gasteiger partial charge in [-0.1, -0.05) is 6.92 Å². The van der Waals surface area contributed by atoms with Gasteiger partial charge in [-0.05, 0) is 12.8 Å². The average molecular weight is 186 g/mol. The SMILES string of the molecule is CCC1OC(=O)CCCCC(=O)O1. The van der Waals surface area contributed by atoms with Crippen molar-refractivity contribution in [1.29, 1.82) is 0 Å². The van der Waals surface area contributed by atoms with Gasteiger partial charge in [0.1, 0.15) is 0 Å². The number of ether oxygens (including phenoxy) is 2. The zero-order valence-corrected chi connectivity index (χ0v) is 7.75. The van der Waals surface area contributed by atoms with E-state index in [1.165, 1.54) is 0 Å². The first-order valence-corrected chi connectivity index (χ1v) is 4.61. The van der Waals surface area contributed by atoms with Crippen LogP contribution in [0.5, 0.6) is 0 Å². The maximum atomic E-state index is 11.1. The Hall–Kier alpha value is -1.06. The number of hydrogen-bond donors (Lipinski definition) is 0. The van der Waals surface area contributed by atoms with Crippen LogP contribution in [0.15, 0.2) is 0 Å². The van der Waals surface area contributed by atoms with E-state index < -0.39 is 6.29 Å². The first-order valence-electron chi connectivity index (χ1n) is 4.61. The highest BCUT2D eigenvalue weighted by Gasteiger charge is 2.18. The van der Waals surface area contributed by atoms with E-state index in [0.29, 0.717) is 32.1 Å². The zero-order valence-electron chi connectivity index (χ0n) is 7.75. The summed E-state index contributed by atoms with van der Waals surface area (Å²) in [6, 6.07) is 0. The van der Waals surface area contributed by atoms with Crippen molar-refractivity contribution in [3.05, 3.63) is 0 Å². The Kier molecular flexibility index (Phi) is 3.73. The summed E-state index contributed by atoms with van der Waals surface area (Å²) in [5.41, 5.74) is 0. The van der Waals surface area contributed by atoms with Crippen LogP contribution in [0.4, 0.5) is 0 Å². The Balaban J connectivity index is 2.52. The Morgan fingerprint density at radius 2 is 1.62 bits per heavy atom. The fourth-order valence-corrected chi connectivity index (χ4v) is 1.14. The summed E-state index contributed by atoms with van der Waals surface area (Å²) in [5, 5.41) is 0. The lowest BCUT2D eigenvalue weighted by molar-refractivity contribution is -0.187. The number of esters is 2. The smallest absolute Gasteiger partial charge is 0.308 e. The molecule has 1 saturated heterocycles. The molecule has 0 N–H and O–H groups in total. The van der Waals surface area contributed by atoms with Crippen LogP contribution < -0.4 is 0 Å². The molecule has 74 valence electrons. The summed E-state index contributed by atoms with van der Waals surface area (Å²) in [6.07, 6.45) is 1.99. The quantitative estimate of drug-likeness (QED) is 0.580.